The van der Waals surface area contributed by atoms with E-state index < -0.39 is 43.7 Å². The molecule has 2 rings (SSSR count). The van der Waals surface area contributed by atoms with Gasteiger partial charge < -0.3 is 5.73 Å². The molecular formula is C13H16F3N3O4S. The van der Waals surface area contributed by atoms with Gasteiger partial charge in [-0.2, -0.15) is 17.5 Å². The summed E-state index contributed by atoms with van der Waals surface area (Å²) in [5.41, 5.74) is 4.63. The summed E-state index contributed by atoms with van der Waals surface area (Å²) in [5, 5.41) is 11.0. The maximum absolute atomic E-state index is 13.4. The molecule has 0 radical (unpaired) electrons. The smallest absolute Gasteiger partial charge is 0.330 e. The molecule has 1 aromatic carbocycles. The Bertz CT molecular complexity index is 723. The molecule has 0 aromatic heterocycles. The molecule has 2 atom stereocenters. The van der Waals surface area contributed by atoms with Crippen LogP contribution in [-0.2, 0) is 10.0 Å². The number of para-hydroxylation sites is 1. The largest absolute Gasteiger partial charge is 0.405 e. The number of nitro benzene ring substituents is 1. The fraction of sp³-hybridized carbons (Fsp3) is 0.538. The van der Waals surface area contributed by atoms with E-state index in [0.717, 1.165) is 12.1 Å². The van der Waals surface area contributed by atoms with E-state index in [-0.39, 0.29) is 25.9 Å². The summed E-state index contributed by atoms with van der Waals surface area (Å²) in [6.07, 6.45) is -4.47. The molecule has 1 aliphatic rings. The fourth-order valence-corrected chi connectivity index (χ4v) is 4.81. The average molecular weight is 367 g/mol. The Hall–Kier alpha value is -1.72. The van der Waals surface area contributed by atoms with Crippen LogP contribution < -0.4 is 5.73 Å². The zero-order chi connectivity index (χ0) is 18.1. The molecule has 0 bridgehead atoms. The molecule has 1 saturated heterocycles. The zero-order valence-corrected chi connectivity index (χ0v) is 13.3. The molecule has 7 nitrogen and oxygen atoms in total. The topological polar surface area (TPSA) is 107 Å². The number of halogens is 3. The first-order chi connectivity index (χ1) is 11.1. The van der Waals surface area contributed by atoms with Crippen LogP contribution in [0.4, 0.5) is 18.9 Å². The minimum absolute atomic E-state index is 0.142. The third kappa shape index (κ3) is 3.37. The number of rotatable bonds is 4. The molecule has 2 N–H and O–H groups in total. The maximum atomic E-state index is 13.4. The molecule has 0 aliphatic carbocycles. The standard InChI is InChI=1S/C13H16F3N3O4S/c14-13(15,16)12-9(8-17)4-3-7-18(12)24(22,23)11-6-2-1-5-10(11)19(20)21/h1-2,5-6,9,12H,3-4,7-8,17H2/t9-,12-/m1/s1. The van der Waals surface area contributed by atoms with Gasteiger partial charge in [-0.3, -0.25) is 10.1 Å². The Balaban J connectivity index is 2.57. The SMILES string of the molecule is NC[C@H]1CCCN(S(=O)(=O)c2ccccc2[N+](=O)[O-])[C@H]1C(F)(F)F. The van der Waals surface area contributed by atoms with E-state index in [9.17, 15) is 31.7 Å². The van der Waals surface area contributed by atoms with Gasteiger partial charge in [0.25, 0.3) is 5.69 Å². The minimum atomic E-state index is -4.82. The second-order valence-electron chi connectivity index (χ2n) is 5.47. The van der Waals surface area contributed by atoms with Gasteiger partial charge in [0, 0.05) is 12.6 Å². The number of hydrogen-bond donors (Lipinski definition) is 1. The minimum Gasteiger partial charge on any atom is -0.330 e. The summed E-state index contributed by atoms with van der Waals surface area (Å²) in [7, 11) is -4.70. The van der Waals surface area contributed by atoms with E-state index in [4.69, 9.17) is 5.73 Å². The number of nitrogens with two attached hydrogens (primary N) is 1. The predicted molar refractivity (Wildman–Crippen MR) is 78.6 cm³/mol. The molecule has 0 unspecified atom stereocenters. The Kier molecular flexibility index (Phi) is 5.16. The summed E-state index contributed by atoms with van der Waals surface area (Å²) in [4.78, 5) is 9.35. The molecule has 134 valence electrons. The van der Waals surface area contributed by atoms with Crippen molar-refractivity contribution in [3.05, 3.63) is 34.4 Å². The molecule has 1 aliphatic heterocycles. The summed E-state index contributed by atoms with van der Waals surface area (Å²) >= 11 is 0. The number of nitrogens with zero attached hydrogens (tertiary/aromatic N) is 2. The second kappa shape index (κ2) is 6.65. The maximum Gasteiger partial charge on any atom is 0.405 e. The highest BCUT2D eigenvalue weighted by Crippen LogP contribution is 2.39. The highest BCUT2D eigenvalue weighted by molar-refractivity contribution is 7.89. The van der Waals surface area contributed by atoms with E-state index in [2.05, 4.69) is 0 Å². The highest BCUT2D eigenvalue weighted by atomic mass is 32.2. The van der Waals surface area contributed by atoms with Crippen molar-refractivity contribution in [1.82, 2.24) is 4.31 Å². The van der Waals surface area contributed by atoms with E-state index in [1.807, 2.05) is 0 Å². The van der Waals surface area contributed by atoms with Gasteiger partial charge in [-0.1, -0.05) is 12.1 Å². The molecule has 1 fully saturated rings. The van der Waals surface area contributed by atoms with Gasteiger partial charge >= 0.3 is 6.18 Å². The number of piperidine rings is 1. The first-order valence-electron chi connectivity index (χ1n) is 7.12. The van der Waals surface area contributed by atoms with Gasteiger partial charge in [-0.25, -0.2) is 8.42 Å². The van der Waals surface area contributed by atoms with Crippen molar-refractivity contribution in [3.8, 4) is 0 Å². The van der Waals surface area contributed by atoms with Crippen LogP contribution in [0, 0.1) is 16.0 Å². The lowest BCUT2D eigenvalue weighted by atomic mass is 9.90. The third-order valence-corrected chi connectivity index (χ3v) is 5.93. The van der Waals surface area contributed by atoms with E-state index >= 15 is 0 Å². The molecule has 11 heteroatoms. The van der Waals surface area contributed by atoms with Crippen LogP contribution in [0.2, 0.25) is 0 Å². The Morgan fingerprint density at radius 1 is 1.33 bits per heavy atom. The zero-order valence-electron chi connectivity index (χ0n) is 12.4. The van der Waals surface area contributed by atoms with Gasteiger partial charge in [-0.15, -0.1) is 0 Å². The van der Waals surface area contributed by atoms with Crippen LogP contribution in [0.15, 0.2) is 29.2 Å². The normalized spacial score (nSPS) is 23.2. The van der Waals surface area contributed by atoms with Crippen molar-refractivity contribution >= 4 is 15.7 Å². The lowest BCUT2D eigenvalue weighted by molar-refractivity contribution is -0.387. The van der Waals surface area contributed by atoms with Gasteiger partial charge in [0.15, 0.2) is 4.90 Å². The number of nitro groups is 1. The van der Waals surface area contributed by atoms with Crippen LogP contribution in [0.1, 0.15) is 12.8 Å². The van der Waals surface area contributed by atoms with Gasteiger partial charge in [0.1, 0.15) is 6.04 Å². The molecule has 0 spiro atoms. The summed E-state index contributed by atoms with van der Waals surface area (Å²) in [6.45, 7) is -0.692. The Morgan fingerprint density at radius 2 is 1.96 bits per heavy atom. The molecule has 1 heterocycles. The summed E-state index contributed by atoms with van der Waals surface area (Å²) < 4.78 is 66.0. The molecule has 0 saturated carbocycles. The van der Waals surface area contributed by atoms with Crippen molar-refractivity contribution in [2.45, 2.75) is 30.0 Å². The van der Waals surface area contributed by atoms with Crippen LogP contribution in [0.5, 0.6) is 0 Å². The lowest BCUT2D eigenvalue weighted by Crippen LogP contribution is -2.57. The van der Waals surface area contributed by atoms with Gasteiger partial charge in [-0.05, 0) is 31.4 Å². The van der Waals surface area contributed by atoms with Crippen molar-refractivity contribution in [2.24, 2.45) is 11.7 Å². The third-order valence-electron chi connectivity index (χ3n) is 4.00. The van der Waals surface area contributed by atoms with Gasteiger partial charge in [0.2, 0.25) is 10.0 Å². The summed E-state index contributed by atoms with van der Waals surface area (Å²) in [5.74, 6) is -1.09. The number of alkyl halides is 3. The van der Waals surface area contributed by atoms with Crippen LogP contribution in [0.25, 0.3) is 0 Å². The quantitative estimate of drug-likeness (QED) is 0.646. The van der Waals surface area contributed by atoms with E-state index in [1.54, 1.807) is 0 Å². The second-order valence-corrected chi connectivity index (χ2v) is 7.32. The van der Waals surface area contributed by atoms with Crippen LogP contribution >= 0.6 is 0 Å². The van der Waals surface area contributed by atoms with Crippen LogP contribution in [-0.4, -0.2) is 43.0 Å². The van der Waals surface area contributed by atoms with Crippen LogP contribution in [0.3, 0.4) is 0 Å². The Morgan fingerprint density at radius 3 is 2.50 bits per heavy atom. The summed E-state index contributed by atoms with van der Waals surface area (Å²) in [6, 6.07) is 2.07. The van der Waals surface area contributed by atoms with Gasteiger partial charge in [0.05, 0.1) is 4.92 Å². The first-order valence-corrected chi connectivity index (χ1v) is 8.56. The molecule has 0 amide bonds. The molecule has 1 aromatic rings. The van der Waals surface area contributed by atoms with Crippen molar-refractivity contribution in [3.63, 3.8) is 0 Å². The monoisotopic (exact) mass is 367 g/mol. The number of sulfonamides is 1. The molecule has 24 heavy (non-hydrogen) atoms. The average Bonchev–Trinajstić information content (AvgIpc) is 2.53. The lowest BCUT2D eigenvalue weighted by Gasteiger charge is -2.40. The Labute approximate surface area is 136 Å². The van der Waals surface area contributed by atoms with Crippen molar-refractivity contribution in [1.29, 1.82) is 0 Å². The first kappa shape index (κ1) is 18.6. The van der Waals surface area contributed by atoms with E-state index in [1.165, 1.54) is 12.1 Å². The van der Waals surface area contributed by atoms with Crippen molar-refractivity contribution in [2.75, 3.05) is 13.1 Å². The predicted octanol–water partition coefficient (Wildman–Crippen LogP) is 1.89. The van der Waals surface area contributed by atoms with Crippen molar-refractivity contribution < 1.29 is 26.5 Å². The highest BCUT2D eigenvalue weighted by Gasteiger charge is 2.53. The number of benzene rings is 1. The fourth-order valence-electron chi connectivity index (χ4n) is 2.94. The van der Waals surface area contributed by atoms with E-state index in [0.29, 0.717) is 4.31 Å². The number of hydrogen-bond acceptors (Lipinski definition) is 5. The molecular weight excluding hydrogens is 351 g/mol.